The number of hydrogen-bond acceptors (Lipinski definition) is 3. The second kappa shape index (κ2) is 7.21. The average Bonchev–Trinajstić information content (AvgIpc) is 3.02. The van der Waals surface area contributed by atoms with Gasteiger partial charge in [0.15, 0.2) is 0 Å². The molecule has 0 spiro atoms. The van der Waals surface area contributed by atoms with Gasteiger partial charge in [-0.2, -0.15) is 10.1 Å². The van der Waals surface area contributed by atoms with Crippen LogP contribution in [-0.4, -0.2) is 16.7 Å². The number of phenolic OH excluding ortho intramolecular Hbond substituents is 1. The van der Waals surface area contributed by atoms with E-state index in [0.717, 1.165) is 11.1 Å². The van der Waals surface area contributed by atoms with E-state index in [9.17, 15) is 9.90 Å². The lowest BCUT2D eigenvalue weighted by Crippen LogP contribution is -2.21. The van der Waals surface area contributed by atoms with Crippen LogP contribution >= 0.6 is 15.9 Å². The Bertz CT molecular complexity index is 1060. The molecule has 3 aromatic rings. The molecule has 0 saturated heterocycles. The summed E-state index contributed by atoms with van der Waals surface area (Å²) in [6.45, 7) is 0. The summed E-state index contributed by atoms with van der Waals surface area (Å²) in [5.74, 6) is -0.0398. The summed E-state index contributed by atoms with van der Waals surface area (Å²) in [5.41, 5.74) is 3.50. The zero-order valence-corrected chi connectivity index (χ0v) is 15.8. The van der Waals surface area contributed by atoms with E-state index in [2.05, 4.69) is 21.0 Å². The molecule has 4 rings (SSSR count). The third kappa shape index (κ3) is 3.41. The van der Waals surface area contributed by atoms with Gasteiger partial charge in [0, 0.05) is 5.56 Å². The molecule has 1 aliphatic rings. The van der Waals surface area contributed by atoms with Crippen LogP contribution in [0.2, 0.25) is 0 Å². The number of amides is 1. The predicted molar refractivity (Wildman–Crippen MR) is 111 cm³/mol. The van der Waals surface area contributed by atoms with Crippen molar-refractivity contribution >= 4 is 39.3 Å². The second-order valence-electron chi connectivity index (χ2n) is 6.04. The third-order valence-electron chi connectivity index (χ3n) is 4.21. The van der Waals surface area contributed by atoms with Crippen molar-refractivity contribution in [2.45, 2.75) is 0 Å². The van der Waals surface area contributed by atoms with Crippen molar-refractivity contribution in [2.24, 2.45) is 5.10 Å². The molecule has 1 heterocycles. The van der Waals surface area contributed by atoms with Gasteiger partial charge >= 0.3 is 0 Å². The van der Waals surface area contributed by atoms with Gasteiger partial charge < -0.3 is 5.11 Å². The Labute approximate surface area is 165 Å². The molecular weight excluding hydrogens is 404 g/mol. The molecule has 0 saturated carbocycles. The SMILES string of the molecule is O=C1/C(=C\c2ccc(O)c(Br)c2)C(c2ccccc2)=NN1c1ccccc1. The number of aromatic hydroxyl groups is 1. The molecule has 0 bridgehead atoms. The van der Waals surface area contributed by atoms with E-state index < -0.39 is 0 Å². The fourth-order valence-electron chi connectivity index (χ4n) is 2.88. The zero-order chi connectivity index (χ0) is 18.8. The van der Waals surface area contributed by atoms with Gasteiger partial charge in [-0.1, -0.05) is 54.6 Å². The van der Waals surface area contributed by atoms with Crippen LogP contribution in [0.3, 0.4) is 0 Å². The van der Waals surface area contributed by atoms with Crippen LogP contribution in [0.15, 0.2) is 94.0 Å². The Morgan fingerprint density at radius 2 is 1.59 bits per heavy atom. The first kappa shape index (κ1) is 17.2. The summed E-state index contributed by atoms with van der Waals surface area (Å²) in [6.07, 6.45) is 1.79. The number of anilines is 1. The number of nitrogens with zero attached hydrogens (tertiary/aromatic N) is 2. The molecule has 0 fully saturated rings. The normalized spacial score (nSPS) is 15.3. The Hall–Kier alpha value is -3.18. The Morgan fingerprint density at radius 1 is 0.926 bits per heavy atom. The fraction of sp³-hybridized carbons (Fsp3) is 0. The second-order valence-corrected chi connectivity index (χ2v) is 6.89. The quantitative estimate of drug-likeness (QED) is 0.609. The van der Waals surface area contributed by atoms with Gasteiger partial charge in [0.25, 0.3) is 5.91 Å². The van der Waals surface area contributed by atoms with Crippen molar-refractivity contribution in [2.75, 3.05) is 5.01 Å². The predicted octanol–water partition coefficient (Wildman–Crippen LogP) is 4.99. The smallest absolute Gasteiger partial charge is 0.281 e. The Kier molecular flexibility index (Phi) is 4.60. The summed E-state index contributed by atoms with van der Waals surface area (Å²) in [4.78, 5) is 13.1. The summed E-state index contributed by atoms with van der Waals surface area (Å²) >= 11 is 3.31. The minimum atomic E-state index is -0.191. The number of rotatable bonds is 3. The van der Waals surface area contributed by atoms with Crippen molar-refractivity contribution in [3.8, 4) is 5.75 Å². The van der Waals surface area contributed by atoms with Gasteiger partial charge in [0.1, 0.15) is 11.5 Å². The maximum Gasteiger partial charge on any atom is 0.281 e. The van der Waals surface area contributed by atoms with Crippen molar-refractivity contribution in [1.82, 2.24) is 0 Å². The van der Waals surface area contributed by atoms with Crippen molar-refractivity contribution in [3.63, 3.8) is 0 Å². The lowest BCUT2D eigenvalue weighted by Gasteiger charge is -2.10. The highest BCUT2D eigenvalue weighted by Crippen LogP contribution is 2.30. The largest absolute Gasteiger partial charge is 0.507 e. The summed E-state index contributed by atoms with van der Waals surface area (Å²) in [6, 6.07) is 24.1. The first-order valence-electron chi connectivity index (χ1n) is 8.37. The number of carbonyl (C=O) groups excluding carboxylic acids is 1. The van der Waals surface area contributed by atoms with Crippen molar-refractivity contribution < 1.29 is 9.90 Å². The molecule has 5 heteroatoms. The summed E-state index contributed by atoms with van der Waals surface area (Å²) in [7, 11) is 0. The first-order valence-corrected chi connectivity index (χ1v) is 9.17. The monoisotopic (exact) mass is 418 g/mol. The van der Waals surface area contributed by atoms with Gasteiger partial charge in [-0.3, -0.25) is 4.79 Å². The number of para-hydroxylation sites is 1. The van der Waals surface area contributed by atoms with Crippen LogP contribution in [0.1, 0.15) is 11.1 Å². The number of carbonyl (C=O) groups is 1. The van der Waals surface area contributed by atoms with Gasteiger partial charge in [0.05, 0.1) is 15.7 Å². The molecule has 4 nitrogen and oxygen atoms in total. The summed E-state index contributed by atoms with van der Waals surface area (Å²) in [5, 5.41) is 15.7. The molecule has 1 amide bonds. The minimum Gasteiger partial charge on any atom is -0.507 e. The number of hydrazone groups is 1. The highest BCUT2D eigenvalue weighted by Gasteiger charge is 2.31. The Morgan fingerprint density at radius 3 is 2.26 bits per heavy atom. The molecule has 0 radical (unpaired) electrons. The van der Waals surface area contributed by atoms with Crippen LogP contribution in [0, 0.1) is 0 Å². The first-order chi connectivity index (χ1) is 13.1. The van der Waals surface area contributed by atoms with Gasteiger partial charge in [0.2, 0.25) is 0 Å². The van der Waals surface area contributed by atoms with Crippen molar-refractivity contribution in [1.29, 1.82) is 0 Å². The van der Waals surface area contributed by atoms with E-state index in [1.165, 1.54) is 5.01 Å². The van der Waals surface area contributed by atoms with Gasteiger partial charge in [-0.05, 0) is 51.8 Å². The van der Waals surface area contributed by atoms with E-state index in [1.54, 1.807) is 24.3 Å². The van der Waals surface area contributed by atoms with Gasteiger partial charge in [-0.15, -0.1) is 0 Å². The number of benzene rings is 3. The zero-order valence-electron chi connectivity index (χ0n) is 14.2. The van der Waals surface area contributed by atoms with E-state index in [0.29, 0.717) is 21.4 Å². The topological polar surface area (TPSA) is 52.9 Å². The molecule has 132 valence electrons. The highest BCUT2D eigenvalue weighted by atomic mass is 79.9. The summed E-state index contributed by atoms with van der Waals surface area (Å²) < 4.78 is 0.570. The van der Waals surface area contributed by atoms with E-state index >= 15 is 0 Å². The van der Waals surface area contributed by atoms with E-state index in [-0.39, 0.29) is 11.7 Å². The third-order valence-corrected chi connectivity index (χ3v) is 4.84. The molecular formula is C22H15BrN2O2. The number of phenols is 1. The highest BCUT2D eigenvalue weighted by molar-refractivity contribution is 9.10. The average molecular weight is 419 g/mol. The molecule has 3 aromatic carbocycles. The van der Waals surface area contributed by atoms with Crippen LogP contribution < -0.4 is 5.01 Å². The minimum absolute atomic E-state index is 0.151. The van der Waals surface area contributed by atoms with Crippen LogP contribution in [-0.2, 0) is 4.79 Å². The van der Waals surface area contributed by atoms with Crippen LogP contribution in [0.25, 0.3) is 6.08 Å². The van der Waals surface area contributed by atoms with E-state index in [4.69, 9.17) is 0 Å². The molecule has 27 heavy (non-hydrogen) atoms. The number of hydrogen-bond donors (Lipinski definition) is 1. The van der Waals surface area contributed by atoms with Crippen LogP contribution in [0.5, 0.6) is 5.75 Å². The Balaban J connectivity index is 1.83. The maximum atomic E-state index is 13.1. The molecule has 1 N–H and O–H groups in total. The van der Waals surface area contributed by atoms with E-state index in [1.807, 2.05) is 60.7 Å². The molecule has 1 aliphatic heterocycles. The lowest BCUT2D eigenvalue weighted by molar-refractivity contribution is -0.114. The van der Waals surface area contributed by atoms with Crippen LogP contribution in [0.4, 0.5) is 5.69 Å². The van der Waals surface area contributed by atoms with Crippen molar-refractivity contribution in [3.05, 3.63) is 100 Å². The standard InChI is InChI=1S/C22H15BrN2O2/c23-19-14-15(11-12-20(19)26)13-18-21(16-7-3-1-4-8-16)24-25(22(18)27)17-9-5-2-6-10-17/h1-14,26H/b18-13-. The lowest BCUT2D eigenvalue weighted by atomic mass is 10.0. The molecule has 0 aromatic heterocycles. The molecule has 0 unspecified atom stereocenters. The maximum absolute atomic E-state index is 13.1. The fourth-order valence-corrected chi connectivity index (χ4v) is 3.27. The molecule has 0 aliphatic carbocycles. The number of halogens is 1. The van der Waals surface area contributed by atoms with Gasteiger partial charge in [-0.25, -0.2) is 0 Å². The molecule has 0 atom stereocenters.